The quantitative estimate of drug-likeness (QED) is 0.653. The number of carbonyl (C=O) groups excluding carboxylic acids is 1. The van der Waals surface area contributed by atoms with E-state index in [1.807, 2.05) is 54.6 Å². The van der Waals surface area contributed by atoms with E-state index in [9.17, 15) is 9.59 Å². The molecule has 0 aliphatic heterocycles. The minimum absolute atomic E-state index is 0.118. The molecule has 0 unspecified atom stereocenters. The van der Waals surface area contributed by atoms with Crippen LogP contribution in [0.4, 0.5) is 0 Å². The molecule has 1 heterocycles. The van der Waals surface area contributed by atoms with Crippen molar-refractivity contribution in [3.63, 3.8) is 0 Å². The first-order valence-corrected chi connectivity index (χ1v) is 8.47. The molecular formula is C21H17N3O3. The van der Waals surface area contributed by atoms with Gasteiger partial charge in [0.05, 0.1) is 18.4 Å². The van der Waals surface area contributed by atoms with Gasteiger partial charge in [-0.1, -0.05) is 60.7 Å². The van der Waals surface area contributed by atoms with Gasteiger partial charge >= 0.3 is 5.97 Å². The largest absolute Gasteiger partial charge is 0.462 e. The van der Waals surface area contributed by atoms with Crippen molar-refractivity contribution in [3.05, 3.63) is 76.6 Å². The van der Waals surface area contributed by atoms with E-state index in [0.717, 1.165) is 10.2 Å². The third-order valence-corrected chi connectivity index (χ3v) is 3.97. The molecule has 0 radical (unpaired) electrons. The number of nitrogens with zero attached hydrogens (tertiary/aromatic N) is 3. The van der Waals surface area contributed by atoms with Gasteiger partial charge in [-0.25, -0.2) is 9.48 Å². The number of carbonyl (C=O) groups is 1. The molecule has 0 bridgehead atoms. The van der Waals surface area contributed by atoms with Gasteiger partial charge in [-0.05, 0) is 12.5 Å². The Morgan fingerprint density at radius 3 is 2.22 bits per heavy atom. The SMILES string of the molecule is CCOC(=O)c1c(-c2ccccc2)c(-c2ccccc2)nn(CC#N)c1=O. The summed E-state index contributed by atoms with van der Waals surface area (Å²) in [6.45, 7) is 1.54. The molecule has 0 amide bonds. The lowest BCUT2D eigenvalue weighted by molar-refractivity contribution is 0.0524. The molecule has 0 N–H and O–H groups in total. The predicted molar refractivity (Wildman–Crippen MR) is 101 cm³/mol. The lowest BCUT2D eigenvalue weighted by atomic mass is 9.95. The molecule has 0 saturated carbocycles. The Kier molecular flexibility index (Phi) is 5.43. The van der Waals surface area contributed by atoms with E-state index >= 15 is 0 Å². The third-order valence-electron chi connectivity index (χ3n) is 3.97. The first-order chi connectivity index (χ1) is 13.2. The van der Waals surface area contributed by atoms with Crippen LogP contribution < -0.4 is 5.56 Å². The van der Waals surface area contributed by atoms with Crippen LogP contribution in [0.5, 0.6) is 0 Å². The monoisotopic (exact) mass is 359 g/mol. The van der Waals surface area contributed by atoms with Crippen molar-refractivity contribution in [3.8, 4) is 28.5 Å². The smallest absolute Gasteiger partial charge is 0.344 e. The Balaban J connectivity index is 2.43. The highest BCUT2D eigenvalue weighted by Gasteiger charge is 2.25. The second kappa shape index (κ2) is 8.11. The molecule has 2 aromatic carbocycles. The minimum Gasteiger partial charge on any atom is -0.462 e. The molecule has 0 saturated heterocycles. The van der Waals surface area contributed by atoms with Gasteiger partial charge in [0.25, 0.3) is 5.56 Å². The van der Waals surface area contributed by atoms with E-state index in [-0.39, 0.29) is 18.7 Å². The van der Waals surface area contributed by atoms with Gasteiger partial charge in [-0.3, -0.25) is 4.79 Å². The number of hydrogen-bond donors (Lipinski definition) is 0. The molecule has 3 rings (SSSR count). The van der Waals surface area contributed by atoms with Crippen molar-refractivity contribution in [1.82, 2.24) is 9.78 Å². The molecule has 0 aliphatic carbocycles. The number of esters is 1. The number of nitriles is 1. The fraction of sp³-hybridized carbons (Fsp3) is 0.143. The summed E-state index contributed by atoms with van der Waals surface area (Å²) in [5.41, 5.74) is 1.49. The molecule has 3 aromatic rings. The number of hydrogen-bond acceptors (Lipinski definition) is 5. The highest BCUT2D eigenvalue weighted by molar-refractivity contribution is 6.00. The van der Waals surface area contributed by atoms with Gasteiger partial charge < -0.3 is 4.74 Å². The van der Waals surface area contributed by atoms with Crippen molar-refractivity contribution in [2.75, 3.05) is 6.61 Å². The van der Waals surface area contributed by atoms with Crippen molar-refractivity contribution < 1.29 is 9.53 Å². The lowest BCUT2D eigenvalue weighted by Crippen LogP contribution is -2.31. The molecule has 1 aromatic heterocycles. The lowest BCUT2D eigenvalue weighted by Gasteiger charge is -2.15. The Morgan fingerprint density at radius 1 is 1.07 bits per heavy atom. The maximum Gasteiger partial charge on any atom is 0.344 e. The van der Waals surface area contributed by atoms with E-state index in [0.29, 0.717) is 16.8 Å². The summed E-state index contributed by atoms with van der Waals surface area (Å²) in [5.74, 6) is -0.729. The zero-order valence-corrected chi connectivity index (χ0v) is 14.8. The zero-order valence-electron chi connectivity index (χ0n) is 14.8. The average Bonchev–Trinajstić information content (AvgIpc) is 2.70. The standard InChI is InChI=1S/C21H17N3O3/c1-2-27-21(26)18-17(15-9-5-3-6-10-15)19(16-11-7-4-8-12-16)23-24(14-13-22)20(18)25/h3-12H,2,14H2,1H3. The maximum absolute atomic E-state index is 12.9. The molecule has 134 valence electrons. The Bertz CT molecular complexity index is 1050. The highest BCUT2D eigenvalue weighted by atomic mass is 16.5. The summed E-state index contributed by atoms with van der Waals surface area (Å²) >= 11 is 0. The molecule has 0 spiro atoms. The number of benzene rings is 2. The van der Waals surface area contributed by atoms with Gasteiger partial charge in [0.15, 0.2) is 0 Å². The van der Waals surface area contributed by atoms with E-state index in [1.54, 1.807) is 19.1 Å². The Labute approximate surface area is 156 Å². The maximum atomic E-state index is 12.9. The summed E-state index contributed by atoms with van der Waals surface area (Å²) in [4.78, 5) is 25.6. The molecule has 0 aliphatic rings. The summed E-state index contributed by atoms with van der Waals surface area (Å²) in [6, 6.07) is 20.2. The van der Waals surface area contributed by atoms with Crippen LogP contribution in [-0.2, 0) is 11.3 Å². The van der Waals surface area contributed by atoms with Gasteiger partial charge in [0, 0.05) is 11.1 Å². The van der Waals surface area contributed by atoms with Crippen LogP contribution in [0, 0.1) is 11.3 Å². The van der Waals surface area contributed by atoms with Crippen LogP contribution in [0.2, 0.25) is 0 Å². The first kappa shape index (κ1) is 18.1. The van der Waals surface area contributed by atoms with Gasteiger partial charge in [-0.15, -0.1) is 0 Å². The van der Waals surface area contributed by atoms with Crippen LogP contribution in [0.25, 0.3) is 22.4 Å². The van der Waals surface area contributed by atoms with Crippen molar-refractivity contribution in [2.45, 2.75) is 13.5 Å². The third kappa shape index (κ3) is 3.62. The van der Waals surface area contributed by atoms with Crippen molar-refractivity contribution in [2.24, 2.45) is 0 Å². The van der Waals surface area contributed by atoms with E-state index in [1.165, 1.54) is 0 Å². The Morgan fingerprint density at radius 2 is 1.67 bits per heavy atom. The fourth-order valence-electron chi connectivity index (χ4n) is 2.82. The van der Waals surface area contributed by atoms with Gasteiger partial charge in [0.2, 0.25) is 0 Å². The average molecular weight is 359 g/mol. The summed E-state index contributed by atoms with van der Waals surface area (Å²) < 4.78 is 6.13. The normalized spacial score (nSPS) is 10.2. The first-order valence-electron chi connectivity index (χ1n) is 8.47. The molecule has 6 nitrogen and oxygen atoms in total. The van der Waals surface area contributed by atoms with Crippen LogP contribution in [0.1, 0.15) is 17.3 Å². The summed E-state index contributed by atoms with van der Waals surface area (Å²) in [6.07, 6.45) is 0. The molecule has 0 atom stereocenters. The molecular weight excluding hydrogens is 342 g/mol. The highest BCUT2D eigenvalue weighted by Crippen LogP contribution is 2.32. The molecule has 0 fully saturated rings. The van der Waals surface area contributed by atoms with Crippen molar-refractivity contribution >= 4 is 5.97 Å². The molecule has 27 heavy (non-hydrogen) atoms. The number of aromatic nitrogens is 2. The van der Waals surface area contributed by atoms with Crippen LogP contribution in [0.15, 0.2) is 65.5 Å². The van der Waals surface area contributed by atoms with Crippen molar-refractivity contribution in [1.29, 1.82) is 5.26 Å². The van der Waals surface area contributed by atoms with Crippen LogP contribution in [-0.4, -0.2) is 22.4 Å². The predicted octanol–water partition coefficient (Wildman–Crippen LogP) is 3.28. The Hall–Kier alpha value is -3.72. The molecule has 6 heteroatoms. The summed E-state index contributed by atoms with van der Waals surface area (Å²) in [7, 11) is 0. The number of rotatable bonds is 5. The second-order valence-corrected chi connectivity index (χ2v) is 5.67. The van der Waals surface area contributed by atoms with Crippen LogP contribution in [0.3, 0.4) is 0 Å². The van der Waals surface area contributed by atoms with E-state index in [4.69, 9.17) is 10.00 Å². The number of ether oxygens (including phenoxy) is 1. The van der Waals surface area contributed by atoms with Gasteiger partial charge in [0.1, 0.15) is 12.1 Å². The second-order valence-electron chi connectivity index (χ2n) is 5.67. The zero-order chi connectivity index (χ0) is 19.2. The van der Waals surface area contributed by atoms with E-state index in [2.05, 4.69) is 5.10 Å². The minimum atomic E-state index is -0.729. The van der Waals surface area contributed by atoms with E-state index < -0.39 is 11.5 Å². The fourth-order valence-corrected chi connectivity index (χ4v) is 2.82. The topological polar surface area (TPSA) is 85.0 Å². The van der Waals surface area contributed by atoms with Gasteiger partial charge in [-0.2, -0.15) is 10.4 Å². The van der Waals surface area contributed by atoms with Crippen LogP contribution >= 0.6 is 0 Å². The summed E-state index contributed by atoms with van der Waals surface area (Å²) in [5, 5.41) is 13.4.